The van der Waals surface area contributed by atoms with Gasteiger partial charge < -0.3 is 10.5 Å². The second kappa shape index (κ2) is 5.17. The highest BCUT2D eigenvalue weighted by molar-refractivity contribution is 6.31. The summed E-state index contributed by atoms with van der Waals surface area (Å²) in [6, 6.07) is -0.162. The third kappa shape index (κ3) is 2.97. The van der Waals surface area contributed by atoms with Crippen molar-refractivity contribution in [2.45, 2.75) is 45.4 Å². The van der Waals surface area contributed by atoms with Crippen LogP contribution in [0.15, 0.2) is 6.20 Å². The summed E-state index contributed by atoms with van der Waals surface area (Å²) in [6.45, 7) is 6.80. The molecule has 1 rings (SSSR count). The van der Waals surface area contributed by atoms with Gasteiger partial charge in [-0.05, 0) is 27.2 Å². The molecule has 1 unspecified atom stereocenters. The van der Waals surface area contributed by atoms with Crippen LogP contribution in [0.3, 0.4) is 0 Å². The Balaban J connectivity index is 2.87. The number of ether oxygens (including phenoxy) is 1. The van der Waals surface area contributed by atoms with Crippen molar-refractivity contribution in [2.75, 3.05) is 7.11 Å². The lowest BCUT2D eigenvalue weighted by atomic mass is 9.97. The van der Waals surface area contributed by atoms with E-state index >= 15 is 0 Å². The van der Waals surface area contributed by atoms with E-state index in [4.69, 9.17) is 22.1 Å². The first-order valence-corrected chi connectivity index (χ1v) is 5.81. The first-order chi connectivity index (χ1) is 7.41. The number of methoxy groups -OCH3 is 1. The number of aromatic nitrogens is 2. The molecule has 1 atom stereocenters. The summed E-state index contributed by atoms with van der Waals surface area (Å²) in [5.41, 5.74) is 6.78. The molecule has 0 aliphatic heterocycles. The highest BCUT2D eigenvalue weighted by atomic mass is 35.5. The fraction of sp³-hybridized carbons (Fsp3) is 0.727. The number of nitrogens with two attached hydrogens (primary N) is 1. The molecule has 0 aliphatic carbocycles. The van der Waals surface area contributed by atoms with E-state index in [0.717, 1.165) is 12.2 Å². The van der Waals surface area contributed by atoms with Crippen molar-refractivity contribution in [3.63, 3.8) is 0 Å². The SMILES string of the molecule is CCn1ncc(Cl)c1C(N)CC(C)(C)OC. The Morgan fingerprint density at radius 3 is 2.75 bits per heavy atom. The van der Waals surface area contributed by atoms with Crippen LogP contribution < -0.4 is 5.73 Å². The molecule has 0 spiro atoms. The standard InChI is InChI=1S/C11H20ClN3O/c1-5-15-10(8(12)7-14-15)9(13)6-11(2,3)16-4/h7,9H,5-6,13H2,1-4H3. The maximum absolute atomic E-state index is 6.15. The van der Waals surface area contributed by atoms with Crippen LogP contribution in [0.2, 0.25) is 5.02 Å². The molecule has 0 fully saturated rings. The van der Waals surface area contributed by atoms with Gasteiger partial charge in [0.25, 0.3) is 0 Å². The van der Waals surface area contributed by atoms with Crippen molar-refractivity contribution < 1.29 is 4.74 Å². The molecule has 1 aromatic rings. The predicted octanol–water partition coefficient (Wildman–Crippen LogP) is 2.37. The second-order valence-electron chi connectivity index (χ2n) is 4.47. The molecule has 16 heavy (non-hydrogen) atoms. The van der Waals surface area contributed by atoms with Crippen molar-refractivity contribution in [3.05, 3.63) is 16.9 Å². The molecule has 0 radical (unpaired) electrons. The van der Waals surface area contributed by atoms with E-state index in [0.29, 0.717) is 11.4 Å². The lowest BCUT2D eigenvalue weighted by Crippen LogP contribution is -2.30. The third-order valence-corrected chi connectivity index (χ3v) is 3.04. The summed E-state index contributed by atoms with van der Waals surface area (Å²) < 4.78 is 7.20. The number of halogens is 1. The average molecular weight is 246 g/mol. The van der Waals surface area contributed by atoms with Crippen LogP contribution in [0.4, 0.5) is 0 Å². The van der Waals surface area contributed by atoms with Crippen molar-refractivity contribution >= 4 is 11.6 Å². The molecular weight excluding hydrogens is 226 g/mol. The van der Waals surface area contributed by atoms with Crippen LogP contribution in [-0.2, 0) is 11.3 Å². The maximum atomic E-state index is 6.15. The number of aryl methyl sites for hydroxylation is 1. The Morgan fingerprint density at radius 1 is 1.62 bits per heavy atom. The van der Waals surface area contributed by atoms with Gasteiger partial charge in [0.2, 0.25) is 0 Å². The smallest absolute Gasteiger partial charge is 0.0834 e. The lowest BCUT2D eigenvalue weighted by Gasteiger charge is -2.26. The highest BCUT2D eigenvalue weighted by Crippen LogP contribution is 2.28. The normalized spacial score (nSPS) is 14.1. The van der Waals surface area contributed by atoms with Crippen LogP contribution in [0, 0.1) is 0 Å². The summed E-state index contributed by atoms with van der Waals surface area (Å²) in [6.07, 6.45) is 2.34. The van der Waals surface area contributed by atoms with Gasteiger partial charge in [-0.15, -0.1) is 0 Å². The Hall–Kier alpha value is -0.580. The number of rotatable bonds is 5. The summed E-state index contributed by atoms with van der Waals surface area (Å²) in [5, 5.41) is 4.80. The molecule has 0 aliphatic rings. The van der Waals surface area contributed by atoms with Gasteiger partial charge in [-0.25, -0.2) is 0 Å². The Kier molecular flexibility index (Phi) is 4.35. The van der Waals surface area contributed by atoms with E-state index < -0.39 is 0 Å². The number of nitrogens with zero attached hydrogens (tertiary/aromatic N) is 2. The van der Waals surface area contributed by atoms with E-state index in [-0.39, 0.29) is 11.6 Å². The second-order valence-corrected chi connectivity index (χ2v) is 4.88. The van der Waals surface area contributed by atoms with E-state index in [1.807, 2.05) is 25.5 Å². The summed E-state index contributed by atoms with van der Waals surface area (Å²) in [7, 11) is 1.69. The van der Waals surface area contributed by atoms with Crippen LogP contribution in [0.5, 0.6) is 0 Å². The molecular formula is C11H20ClN3O. The van der Waals surface area contributed by atoms with E-state index in [9.17, 15) is 0 Å². The fourth-order valence-electron chi connectivity index (χ4n) is 1.70. The summed E-state index contributed by atoms with van der Waals surface area (Å²) in [5.74, 6) is 0. The third-order valence-electron chi connectivity index (χ3n) is 2.75. The van der Waals surface area contributed by atoms with Crippen LogP contribution >= 0.6 is 11.6 Å². The molecule has 4 nitrogen and oxygen atoms in total. The van der Waals surface area contributed by atoms with Gasteiger partial charge >= 0.3 is 0 Å². The highest BCUT2D eigenvalue weighted by Gasteiger charge is 2.25. The van der Waals surface area contributed by atoms with Crippen LogP contribution in [0.1, 0.15) is 38.9 Å². The van der Waals surface area contributed by atoms with E-state index in [1.165, 1.54) is 0 Å². The molecule has 0 saturated heterocycles. The van der Waals surface area contributed by atoms with Crippen LogP contribution in [-0.4, -0.2) is 22.5 Å². The summed E-state index contributed by atoms with van der Waals surface area (Å²) >= 11 is 6.09. The molecule has 0 bridgehead atoms. The Bertz CT molecular complexity index is 349. The van der Waals surface area contributed by atoms with Gasteiger partial charge in [0.05, 0.1) is 28.6 Å². The van der Waals surface area contributed by atoms with Gasteiger partial charge in [-0.2, -0.15) is 5.10 Å². The minimum Gasteiger partial charge on any atom is -0.379 e. The van der Waals surface area contributed by atoms with Gasteiger partial charge in [0, 0.05) is 13.7 Å². The van der Waals surface area contributed by atoms with Crippen molar-refractivity contribution in [3.8, 4) is 0 Å². The topological polar surface area (TPSA) is 53.1 Å². The van der Waals surface area contributed by atoms with Gasteiger partial charge in [-0.3, -0.25) is 4.68 Å². The first kappa shape index (κ1) is 13.5. The molecule has 0 saturated carbocycles. The minimum atomic E-state index is -0.258. The zero-order valence-corrected chi connectivity index (χ0v) is 11.1. The summed E-state index contributed by atoms with van der Waals surface area (Å²) in [4.78, 5) is 0. The minimum absolute atomic E-state index is 0.162. The van der Waals surface area contributed by atoms with Crippen molar-refractivity contribution in [1.82, 2.24) is 9.78 Å². The van der Waals surface area contributed by atoms with Gasteiger partial charge in [0.1, 0.15) is 0 Å². The Labute approximate surface area is 102 Å². The lowest BCUT2D eigenvalue weighted by molar-refractivity contribution is 0.00937. The first-order valence-electron chi connectivity index (χ1n) is 5.43. The van der Waals surface area contributed by atoms with Crippen LogP contribution in [0.25, 0.3) is 0 Å². The number of hydrogen-bond donors (Lipinski definition) is 1. The quantitative estimate of drug-likeness (QED) is 0.867. The maximum Gasteiger partial charge on any atom is 0.0834 e. The Morgan fingerprint density at radius 2 is 2.25 bits per heavy atom. The molecule has 0 amide bonds. The molecule has 1 heterocycles. The zero-order chi connectivity index (χ0) is 12.3. The molecule has 1 aromatic heterocycles. The largest absolute Gasteiger partial charge is 0.379 e. The van der Waals surface area contributed by atoms with Crippen molar-refractivity contribution in [2.24, 2.45) is 5.73 Å². The molecule has 0 aromatic carbocycles. The monoisotopic (exact) mass is 245 g/mol. The van der Waals surface area contributed by atoms with Crippen molar-refractivity contribution in [1.29, 1.82) is 0 Å². The molecule has 2 N–H and O–H groups in total. The fourth-order valence-corrected chi connectivity index (χ4v) is 1.98. The zero-order valence-electron chi connectivity index (χ0n) is 10.3. The van der Waals surface area contributed by atoms with Gasteiger partial charge in [-0.1, -0.05) is 11.6 Å². The van der Waals surface area contributed by atoms with E-state index in [2.05, 4.69) is 5.10 Å². The van der Waals surface area contributed by atoms with E-state index in [1.54, 1.807) is 13.3 Å². The predicted molar refractivity (Wildman–Crippen MR) is 65.5 cm³/mol. The average Bonchev–Trinajstić information content (AvgIpc) is 2.59. The molecule has 92 valence electrons. The molecule has 5 heteroatoms. The van der Waals surface area contributed by atoms with Gasteiger partial charge in [0.15, 0.2) is 0 Å². The number of hydrogen-bond acceptors (Lipinski definition) is 3.